The molecular weight excluding hydrogens is 148 g/mol. The summed E-state index contributed by atoms with van der Waals surface area (Å²) in [6.07, 6.45) is 2.29. The first kappa shape index (κ1) is 9.42. The second-order valence-corrected chi connectivity index (χ2v) is 1.61. The van der Waals surface area contributed by atoms with E-state index in [9.17, 15) is 9.59 Å². The molecule has 4 heteroatoms. The van der Waals surface area contributed by atoms with Gasteiger partial charge in [-0.3, -0.25) is 0 Å². The smallest absolute Gasteiger partial charge is 0.345 e. The van der Waals surface area contributed by atoms with Crippen LogP contribution < -0.4 is 0 Å². The van der Waals surface area contributed by atoms with E-state index in [1.807, 2.05) is 0 Å². The highest BCUT2D eigenvalue weighted by atomic mass is 16.5. The van der Waals surface area contributed by atoms with Crippen molar-refractivity contribution < 1.29 is 19.4 Å². The molecule has 0 aliphatic heterocycles. The zero-order chi connectivity index (χ0) is 8.85. The molecule has 0 bridgehead atoms. The van der Waals surface area contributed by atoms with Crippen molar-refractivity contribution in [3.63, 3.8) is 0 Å². The van der Waals surface area contributed by atoms with E-state index < -0.39 is 17.5 Å². The zero-order valence-electron chi connectivity index (χ0n) is 6.03. The van der Waals surface area contributed by atoms with Crippen molar-refractivity contribution in [2.45, 2.75) is 0 Å². The average molecular weight is 156 g/mol. The first-order chi connectivity index (χ1) is 5.13. The van der Waals surface area contributed by atoms with E-state index >= 15 is 0 Å². The fourth-order valence-corrected chi connectivity index (χ4v) is 0.454. The molecule has 0 aromatic carbocycles. The highest BCUT2D eigenvalue weighted by molar-refractivity contribution is 6.13. The van der Waals surface area contributed by atoms with Crippen LogP contribution in [-0.2, 0) is 14.3 Å². The SMILES string of the molecule is C=C/C=C(\C(=O)O)C(=O)OC. The Bertz CT molecular complexity index is 214. The zero-order valence-corrected chi connectivity index (χ0v) is 6.03. The molecule has 0 atom stereocenters. The molecule has 11 heavy (non-hydrogen) atoms. The molecule has 0 saturated carbocycles. The minimum Gasteiger partial charge on any atom is -0.477 e. The molecule has 0 fully saturated rings. The van der Waals surface area contributed by atoms with Crippen LogP contribution in [0.1, 0.15) is 0 Å². The molecule has 0 aromatic rings. The van der Waals surface area contributed by atoms with Crippen LogP contribution in [0.25, 0.3) is 0 Å². The lowest BCUT2D eigenvalue weighted by atomic mass is 10.2. The van der Waals surface area contributed by atoms with Crippen LogP contribution in [0.4, 0.5) is 0 Å². The van der Waals surface area contributed by atoms with Gasteiger partial charge in [0.2, 0.25) is 0 Å². The Kier molecular flexibility index (Phi) is 3.66. The number of hydrogen-bond acceptors (Lipinski definition) is 3. The first-order valence-corrected chi connectivity index (χ1v) is 2.77. The quantitative estimate of drug-likeness (QED) is 0.210. The van der Waals surface area contributed by atoms with Crippen LogP contribution in [0, 0.1) is 0 Å². The minimum absolute atomic E-state index is 0.428. The molecule has 4 nitrogen and oxygen atoms in total. The molecule has 0 amide bonds. The predicted molar refractivity (Wildman–Crippen MR) is 37.9 cm³/mol. The van der Waals surface area contributed by atoms with Gasteiger partial charge >= 0.3 is 11.9 Å². The van der Waals surface area contributed by atoms with Gasteiger partial charge in [0.05, 0.1) is 7.11 Å². The third-order valence-corrected chi connectivity index (χ3v) is 0.920. The van der Waals surface area contributed by atoms with Crippen LogP contribution in [0.2, 0.25) is 0 Å². The third kappa shape index (κ3) is 2.66. The van der Waals surface area contributed by atoms with Gasteiger partial charge in [-0.2, -0.15) is 0 Å². The fraction of sp³-hybridized carbons (Fsp3) is 0.143. The number of allylic oxidation sites excluding steroid dienone is 2. The predicted octanol–water partition coefficient (Wildman–Crippen LogP) is 0.356. The van der Waals surface area contributed by atoms with Gasteiger partial charge in [0.25, 0.3) is 0 Å². The van der Waals surface area contributed by atoms with Crippen LogP contribution >= 0.6 is 0 Å². The van der Waals surface area contributed by atoms with Crippen LogP contribution in [0.3, 0.4) is 0 Å². The molecule has 0 spiro atoms. The summed E-state index contributed by atoms with van der Waals surface area (Å²) in [6.45, 7) is 3.25. The number of aliphatic carboxylic acids is 1. The molecule has 1 N–H and O–H groups in total. The Morgan fingerprint density at radius 2 is 2.09 bits per heavy atom. The summed E-state index contributed by atoms with van der Waals surface area (Å²) < 4.78 is 4.19. The second-order valence-electron chi connectivity index (χ2n) is 1.61. The standard InChI is InChI=1S/C7H8O4/c1-3-4-5(6(8)9)7(10)11-2/h3-4H,1H2,2H3,(H,8,9)/b5-4+. The van der Waals surface area contributed by atoms with Crippen molar-refractivity contribution in [3.05, 3.63) is 24.3 Å². The average Bonchev–Trinajstić information content (AvgIpc) is 1.98. The largest absolute Gasteiger partial charge is 0.477 e. The van der Waals surface area contributed by atoms with Crippen molar-refractivity contribution >= 4 is 11.9 Å². The Balaban J connectivity index is 4.61. The van der Waals surface area contributed by atoms with Gasteiger partial charge in [-0.25, -0.2) is 9.59 Å². The third-order valence-electron chi connectivity index (χ3n) is 0.920. The van der Waals surface area contributed by atoms with Gasteiger partial charge in [-0.15, -0.1) is 0 Å². The van der Waals surface area contributed by atoms with Crippen LogP contribution in [-0.4, -0.2) is 24.2 Å². The summed E-state index contributed by atoms with van der Waals surface area (Å²) >= 11 is 0. The first-order valence-electron chi connectivity index (χ1n) is 2.77. The van der Waals surface area contributed by atoms with Crippen molar-refractivity contribution in [1.82, 2.24) is 0 Å². The molecule has 0 aromatic heterocycles. The van der Waals surface area contributed by atoms with Crippen LogP contribution in [0.15, 0.2) is 24.3 Å². The molecule has 0 unspecified atom stereocenters. The molecule has 0 heterocycles. The highest BCUT2D eigenvalue weighted by Gasteiger charge is 2.15. The number of carboxylic acids is 1. The number of hydrogen-bond donors (Lipinski definition) is 1. The van der Waals surface area contributed by atoms with E-state index in [0.29, 0.717) is 0 Å². The molecule has 60 valence electrons. The Hall–Kier alpha value is -1.58. The minimum atomic E-state index is -1.32. The van der Waals surface area contributed by atoms with Gasteiger partial charge in [0, 0.05) is 0 Å². The molecule has 0 rings (SSSR count). The normalized spacial score (nSPS) is 10.5. The molecule has 0 saturated heterocycles. The van der Waals surface area contributed by atoms with Crippen molar-refractivity contribution in [3.8, 4) is 0 Å². The molecule has 0 aliphatic carbocycles. The number of rotatable bonds is 3. The summed E-state index contributed by atoms with van der Waals surface area (Å²) in [4.78, 5) is 20.9. The lowest BCUT2D eigenvalue weighted by Crippen LogP contribution is -2.13. The van der Waals surface area contributed by atoms with Gasteiger partial charge in [-0.1, -0.05) is 12.7 Å². The van der Waals surface area contributed by atoms with E-state index in [2.05, 4.69) is 11.3 Å². The topological polar surface area (TPSA) is 63.6 Å². The molecular formula is C7H8O4. The Morgan fingerprint density at radius 3 is 2.36 bits per heavy atom. The van der Waals surface area contributed by atoms with Crippen molar-refractivity contribution in [2.24, 2.45) is 0 Å². The lowest BCUT2D eigenvalue weighted by molar-refractivity contribution is -0.142. The van der Waals surface area contributed by atoms with Crippen molar-refractivity contribution in [1.29, 1.82) is 0 Å². The summed E-state index contributed by atoms with van der Waals surface area (Å²) in [5.74, 6) is -2.20. The highest BCUT2D eigenvalue weighted by Crippen LogP contribution is 1.97. The lowest BCUT2D eigenvalue weighted by Gasteiger charge is -1.96. The van der Waals surface area contributed by atoms with Gasteiger partial charge in [0.15, 0.2) is 0 Å². The van der Waals surface area contributed by atoms with E-state index in [0.717, 1.165) is 13.2 Å². The summed E-state index contributed by atoms with van der Waals surface area (Å²) in [5, 5.41) is 8.39. The summed E-state index contributed by atoms with van der Waals surface area (Å²) in [6, 6.07) is 0. The maximum Gasteiger partial charge on any atom is 0.345 e. The number of carboxylic acid groups (broad SMARTS) is 1. The summed E-state index contributed by atoms with van der Waals surface area (Å²) in [5.41, 5.74) is -0.428. The van der Waals surface area contributed by atoms with Crippen molar-refractivity contribution in [2.75, 3.05) is 7.11 Å². The van der Waals surface area contributed by atoms with E-state index in [4.69, 9.17) is 5.11 Å². The van der Waals surface area contributed by atoms with E-state index in [1.165, 1.54) is 6.08 Å². The number of methoxy groups -OCH3 is 1. The van der Waals surface area contributed by atoms with Gasteiger partial charge < -0.3 is 9.84 Å². The number of carbonyl (C=O) groups is 2. The van der Waals surface area contributed by atoms with E-state index in [1.54, 1.807) is 0 Å². The number of ether oxygens (including phenoxy) is 1. The maximum absolute atomic E-state index is 10.6. The maximum atomic E-state index is 10.6. The molecule has 0 aliphatic rings. The van der Waals surface area contributed by atoms with E-state index in [-0.39, 0.29) is 0 Å². The second kappa shape index (κ2) is 4.27. The Morgan fingerprint density at radius 1 is 1.55 bits per heavy atom. The monoisotopic (exact) mass is 156 g/mol. The Labute approximate surface area is 63.8 Å². The summed E-state index contributed by atoms with van der Waals surface area (Å²) in [7, 11) is 1.11. The fourth-order valence-electron chi connectivity index (χ4n) is 0.454. The molecule has 0 radical (unpaired) electrons. The van der Waals surface area contributed by atoms with Gasteiger partial charge in [-0.05, 0) is 6.08 Å². The number of esters is 1. The van der Waals surface area contributed by atoms with Crippen LogP contribution in [0.5, 0.6) is 0 Å². The van der Waals surface area contributed by atoms with Gasteiger partial charge in [0.1, 0.15) is 5.57 Å². The number of carbonyl (C=O) groups excluding carboxylic acids is 1.